The summed E-state index contributed by atoms with van der Waals surface area (Å²) in [6.07, 6.45) is 0.372. The topological polar surface area (TPSA) is 128 Å². The fourth-order valence-electron chi connectivity index (χ4n) is 2.34. The summed E-state index contributed by atoms with van der Waals surface area (Å²) >= 11 is 0. The van der Waals surface area contributed by atoms with Gasteiger partial charge in [-0.1, -0.05) is 26.8 Å². The molecule has 1 rings (SSSR count). The smallest absolute Gasteiger partial charge is 0.338 e. The third kappa shape index (κ3) is 7.28. The lowest BCUT2D eigenvalue weighted by Crippen LogP contribution is -2.44. The zero-order chi connectivity index (χ0) is 21.3. The first-order valence-corrected chi connectivity index (χ1v) is 10.2. The van der Waals surface area contributed by atoms with Crippen molar-refractivity contribution in [1.29, 1.82) is 0 Å². The summed E-state index contributed by atoms with van der Waals surface area (Å²) in [6.45, 7) is 4.99. The van der Waals surface area contributed by atoms with Gasteiger partial charge in [-0.2, -0.15) is 0 Å². The molecule has 1 amide bonds. The number of carbonyl (C=O) groups excluding carboxylic acids is 3. The van der Waals surface area contributed by atoms with Gasteiger partial charge in [0.05, 0.1) is 17.6 Å². The number of rotatable bonds is 10. The number of hydrogen-bond donors (Lipinski definition) is 2. The lowest BCUT2D eigenvalue weighted by atomic mass is 10.0. The Morgan fingerprint density at radius 3 is 2.43 bits per heavy atom. The molecule has 0 aromatic heterocycles. The number of ether oxygens (including phenoxy) is 2. The van der Waals surface area contributed by atoms with Crippen LogP contribution >= 0.6 is 0 Å². The van der Waals surface area contributed by atoms with Gasteiger partial charge < -0.3 is 14.8 Å². The van der Waals surface area contributed by atoms with Gasteiger partial charge in [0.15, 0.2) is 6.61 Å². The highest BCUT2D eigenvalue weighted by Gasteiger charge is 2.23. The maximum absolute atomic E-state index is 12.1. The Balaban J connectivity index is 2.73. The molecule has 1 unspecified atom stereocenters. The summed E-state index contributed by atoms with van der Waals surface area (Å²) in [7, 11) is -2.51. The molecule has 0 heterocycles. The van der Waals surface area contributed by atoms with Gasteiger partial charge in [0.2, 0.25) is 10.0 Å². The van der Waals surface area contributed by atoms with Crippen LogP contribution in [0.15, 0.2) is 29.2 Å². The van der Waals surface area contributed by atoms with Crippen molar-refractivity contribution < 1.29 is 32.3 Å². The Kier molecular flexibility index (Phi) is 9.07. The predicted molar refractivity (Wildman–Crippen MR) is 101 cm³/mol. The van der Waals surface area contributed by atoms with Crippen molar-refractivity contribution >= 4 is 27.9 Å². The lowest BCUT2D eigenvalue weighted by molar-refractivity contribution is -0.145. The average molecular weight is 414 g/mol. The van der Waals surface area contributed by atoms with Gasteiger partial charge in [-0.15, -0.1) is 0 Å². The SMILES string of the molecule is CCNS(=O)(=O)c1cccc(C(=O)OCC(=O)NC(CC(C)C)C(=O)OC)c1. The normalized spacial score (nSPS) is 12.3. The van der Waals surface area contributed by atoms with E-state index in [-0.39, 0.29) is 22.9 Å². The van der Waals surface area contributed by atoms with Crippen LogP contribution < -0.4 is 10.0 Å². The van der Waals surface area contributed by atoms with E-state index in [0.29, 0.717) is 6.42 Å². The van der Waals surface area contributed by atoms with Crippen LogP contribution in [0.1, 0.15) is 37.6 Å². The van der Waals surface area contributed by atoms with Crippen LogP contribution in [0.4, 0.5) is 0 Å². The Morgan fingerprint density at radius 1 is 1.18 bits per heavy atom. The third-order valence-corrected chi connectivity index (χ3v) is 5.12. The minimum absolute atomic E-state index is 0.0153. The highest BCUT2D eigenvalue weighted by Crippen LogP contribution is 2.12. The Labute approximate surface area is 164 Å². The van der Waals surface area contributed by atoms with Crippen molar-refractivity contribution in [1.82, 2.24) is 10.0 Å². The van der Waals surface area contributed by atoms with Crippen molar-refractivity contribution in [2.75, 3.05) is 20.3 Å². The van der Waals surface area contributed by atoms with E-state index in [2.05, 4.69) is 14.8 Å². The fourth-order valence-corrected chi connectivity index (χ4v) is 3.43. The second-order valence-electron chi connectivity index (χ2n) is 6.38. The van der Waals surface area contributed by atoms with Gasteiger partial charge in [-0.05, 0) is 30.5 Å². The van der Waals surface area contributed by atoms with Crippen LogP contribution in [0.3, 0.4) is 0 Å². The summed E-state index contributed by atoms with van der Waals surface area (Å²) in [4.78, 5) is 35.8. The van der Waals surface area contributed by atoms with E-state index in [1.807, 2.05) is 13.8 Å². The molecule has 0 aliphatic carbocycles. The van der Waals surface area contributed by atoms with Crippen molar-refractivity contribution in [2.24, 2.45) is 5.92 Å². The first kappa shape index (κ1) is 23.6. The van der Waals surface area contributed by atoms with Gasteiger partial charge in [-0.3, -0.25) is 4.79 Å². The maximum atomic E-state index is 12.1. The summed E-state index contributed by atoms with van der Waals surface area (Å²) < 4.78 is 35.9. The molecule has 1 atom stereocenters. The minimum atomic E-state index is -3.73. The predicted octanol–water partition coefficient (Wildman–Crippen LogP) is 0.846. The number of hydrogen-bond acceptors (Lipinski definition) is 7. The Hall–Kier alpha value is -2.46. The Bertz CT molecular complexity index is 806. The molecule has 9 nitrogen and oxygen atoms in total. The molecule has 0 saturated heterocycles. The zero-order valence-corrected chi connectivity index (χ0v) is 17.2. The van der Waals surface area contributed by atoms with Crippen LogP contribution in [0, 0.1) is 5.92 Å². The molecule has 10 heteroatoms. The summed E-state index contributed by atoms with van der Waals surface area (Å²) in [5.41, 5.74) is -0.0153. The second kappa shape index (κ2) is 10.8. The number of esters is 2. The van der Waals surface area contributed by atoms with E-state index in [9.17, 15) is 22.8 Å². The molecular weight excluding hydrogens is 388 g/mol. The summed E-state index contributed by atoms with van der Waals surface area (Å²) in [5, 5.41) is 2.46. The van der Waals surface area contributed by atoms with Gasteiger partial charge in [-0.25, -0.2) is 22.7 Å². The molecule has 0 radical (unpaired) electrons. The third-order valence-electron chi connectivity index (χ3n) is 3.58. The van der Waals surface area contributed by atoms with E-state index >= 15 is 0 Å². The molecule has 1 aromatic rings. The first-order valence-electron chi connectivity index (χ1n) is 8.74. The number of benzene rings is 1. The van der Waals surface area contributed by atoms with Crippen LogP contribution in [0.2, 0.25) is 0 Å². The highest BCUT2D eigenvalue weighted by atomic mass is 32.2. The van der Waals surface area contributed by atoms with E-state index in [0.717, 1.165) is 6.07 Å². The van der Waals surface area contributed by atoms with Gasteiger partial charge in [0, 0.05) is 6.54 Å². The van der Waals surface area contributed by atoms with E-state index in [1.54, 1.807) is 6.92 Å². The Morgan fingerprint density at radius 2 is 1.86 bits per heavy atom. The zero-order valence-electron chi connectivity index (χ0n) is 16.4. The van der Waals surface area contributed by atoms with Crippen molar-refractivity contribution in [3.63, 3.8) is 0 Å². The van der Waals surface area contributed by atoms with Gasteiger partial charge in [0.25, 0.3) is 5.91 Å². The van der Waals surface area contributed by atoms with Crippen molar-refractivity contribution in [3.8, 4) is 0 Å². The number of methoxy groups -OCH3 is 1. The van der Waals surface area contributed by atoms with E-state index < -0.39 is 40.5 Å². The van der Waals surface area contributed by atoms with Crippen molar-refractivity contribution in [3.05, 3.63) is 29.8 Å². The largest absolute Gasteiger partial charge is 0.467 e. The molecule has 0 fully saturated rings. The number of carbonyl (C=O) groups is 3. The minimum Gasteiger partial charge on any atom is -0.467 e. The molecule has 0 spiro atoms. The van der Waals surface area contributed by atoms with Crippen LogP contribution in [-0.2, 0) is 29.1 Å². The van der Waals surface area contributed by atoms with Crippen LogP contribution in [0.25, 0.3) is 0 Å². The molecule has 0 aliphatic rings. The van der Waals surface area contributed by atoms with E-state index in [1.165, 1.54) is 25.3 Å². The first-order chi connectivity index (χ1) is 13.1. The summed E-state index contributed by atoms with van der Waals surface area (Å²) in [5.74, 6) is -1.98. The molecule has 0 saturated carbocycles. The van der Waals surface area contributed by atoms with Gasteiger partial charge in [0.1, 0.15) is 6.04 Å². The quantitative estimate of drug-likeness (QED) is 0.543. The van der Waals surface area contributed by atoms with Crippen LogP contribution in [0.5, 0.6) is 0 Å². The van der Waals surface area contributed by atoms with Crippen molar-refractivity contribution in [2.45, 2.75) is 38.1 Å². The standard InChI is InChI=1S/C18H26N2O7S/c1-5-19-28(24,25)14-8-6-7-13(10-14)17(22)27-11-16(21)20-15(9-12(2)3)18(23)26-4/h6-8,10,12,15,19H,5,9,11H2,1-4H3,(H,20,21). The molecule has 1 aromatic carbocycles. The maximum Gasteiger partial charge on any atom is 0.338 e. The number of nitrogens with one attached hydrogen (secondary N) is 2. The van der Waals surface area contributed by atoms with E-state index in [4.69, 9.17) is 4.74 Å². The second-order valence-corrected chi connectivity index (χ2v) is 8.15. The molecule has 156 valence electrons. The summed E-state index contributed by atoms with van der Waals surface area (Å²) in [6, 6.07) is 4.44. The average Bonchev–Trinajstić information content (AvgIpc) is 2.64. The highest BCUT2D eigenvalue weighted by molar-refractivity contribution is 7.89. The number of amides is 1. The monoisotopic (exact) mass is 414 g/mol. The fraction of sp³-hybridized carbons (Fsp3) is 0.500. The molecular formula is C18H26N2O7S. The molecule has 28 heavy (non-hydrogen) atoms. The molecule has 2 N–H and O–H groups in total. The number of sulfonamides is 1. The molecule has 0 aliphatic heterocycles. The van der Waals surface area contributed by atoms with Crippen LogP contribution in [-0.4, -0.2) is 52.6 Å². The lowest BCUT2D eigenvalue weighted by Gasteiger charge is -2.18. The van der Waals surface area contributed by atoms with Gasteiger partial charge >= 0.3 is 11.9 Å². The molecule has 0 bridgehead atoms.